The summed E-state index contributed by atoms with van der Waals surface area (Å²) in [6.07, 6.45) is -4.05. The van der Waals surface area contributed by atoms with Crippen LogP contribution in [0.5, 0.6) is 0 Å². The number of hydrogen-bond acceptors (Lipinski definition) is 2. The molecule has 0 aromatic heterocycles. The Hall–Kier alpha value is -1.04. The number of carbonyl (C=O) groups is 1. The van der Waals surface area contributed by atoms with E-state index in [0.29, 0.717) is 0 Å². The fourth-order valence-corrected chi connectivity index (χ4v) is 0.352. The second-order valence-electron chi connectivity index (χ2n) is 1.67. The fraction of sp³-hybridized carbons (Fsp3) is 0.400. The lowest BCUT2D eigenvalue weighted by atomic mass is 10.5. The predicted molar refractivity (Wildman–Crippen MR) is 29.8 cm³/mol. The van der Waals surface area contributed by atoms with Crippen LogP contribution in [0.1, 0.15) is 0 Å². The van der Waals surface area contributed by atoms with Gasteiger partial charge in [-0.2, -0.15) is 13.2 Å². The van der Waals surface area contributed by atoms with Crippen molar-refractivity contribution in [1.29, 1.82) is 0 Å². The minimum atomic E-state index is -5.03. The third-order valence-corrected chi connectivity index (χ3v) is 0.779. The molecule has 0 fully saturated rings. The molecule has 0 saturated heterocycles. The van der Waals surface area contributed by atoms with Crippen molar-refractivity contribution in [2.45, 2.75) is 6.18 Å². The van der Waals surface area contributed by atoms with Gasteiger partial charge in [0.05, 0.1) is 6.54 Å². The monoisotopic (exact) mass is 169 g/mol. The van der Waals surface area contributed by atoms with E-state index in [0.717, 1.165) is 6.08 Å². The first-order valence-electron chi connectivity index (χ1n) is 2.58. The topological polar surface area (TPSA) is 40.5 Å². The van der Waals surface area contributed by atoms with Gasteiger partial charge < -0.3 is 0 Å². The lowest BCUT2D eigenvalue weighted by Crippen LogP contribution is -2.38. The highest BCUT2D eigenvalue weighted by Crippen LogP contribution is 2.16. The van der Waals surface area contributed by atoms with Crippen molar-refractivity contribution in [3.05, 3.63) is 12.7 Å². The average Bonchev–Trinajstić information content (AvgIpc) is 1.85. The molecule has 1 amide bonds. The lowest BCUT2D eigenvalue weighted by Gasteiger charge is -2.13. The van der Waals surface area contributed by atoms with E-state index >= 15 is 0 Å². The number of nitrogens with zero attached hydrogens (tertiary/aromatic N) is 1. The van der Waals surface area contributed by atoms with Crippen LogP contribution in [0.3, 0.4) is 0 Å². The fourth-order valence-electron chi connectivity index (χ4n) is 0.352. The van der Waals surface area contributed by atoms with Crippen molar-refractivity contribution < 1.29 is 23.2 Å². The number of carbonyl (C=O) groups excluding carboxylic acids is 1. The third kappa shape index (κ3) is 3.03. The highest BCUT2D eigenvalue weighted by atomic mass is 19.4. The number of alkyl halides is 3. The van der Waals surface area contributed by atoms with Gasteiger partial charge in [-0.3, -0.25) is 10.0 Å². The number of rotatable bonds is 2. The zero-order valence-electron chi connectivity index (χ0n) is 5.43. The number of hydrogen-bond donors (Lipinski definition) is 1. The summed E-state index contributed by atoms with van der Waals surface area (Å²) in [7, 11) is 0. The van der Waals surface area contributed by atoms with Gasteiger partial charge in [0, 0.05) is 0 Å². The molecule has 0 rings (SSSR count). The normalized spacial score (nSPS) is 10.9. The van der Waals surface area contributed by atoms with E-state index < -0.39 is 23.7 Å². The summed E-state index contributed by atoms with van der Waals surface area (Å²) in [6.45, 7) is 2.50. The maximum absolute atomic E-state index is 11.4. The highest BCUT2D eigenvalue weighted by Gasteiger charge is 2.42. The summed E-state index contributed by atoms with van der Waals surface area (Å²) >= 11 is 0. The van der Waals surface area contributed by atoms with Crippen LogP contribution in [0, 0.1) is 0 Å². The molecule has 11 heavy (non-hydrogen) atoms. The van der Waals surface area contributed by atoms with E-state index in [-0.39, 0.29) is 0 Å². The Kier molecular flexibility index (Phi) is 3.06. The van der Waals surface area contributed by atoms with Gasteiger partial charge in [0.15, 0.2) is 0 Å². The first kappa shape index (κ1) is 9.96. The van der Waals surface area contributed by atoms with Crippen LogP contribution < -0.4 is 0 Å². The van der Waals surface area contributed by atoms with Gasteiger partial charge in [-0.25, -0.2) is 5.06 Å². The van der Waals surface area contributed by atoms with E-state index in [2.05, 4.69) is 6.58 Å². The van der Waals surface area contributed by atoms with E-state index in [1.807, 2.05) is 0 Å². The summed E-state index contributed by atoms with van der Waals surface area (Å²) in [6, 6.07) is 0. The molecule has 0 aliphatic carbocycles. The standard InChI is InChI=1S/C5H6F3NO2/c1-2-3-9(11)4(10)5(6,7)8/h2,11H,1,3H2. The maximum Gasteiger partial charge on any atom is 0.473 e. The molecular weight excluding hydrogens is 163 g/mol. The molecule has 3 nitrogen and oxygen atoms in total. The average molecular weight is 169 g/mol. The second-order valence-corrected chi connectivity index (χ2v) is 1.67. The minimum Gasteiger partial charge on any atom is -0.285 e. The van der Waals surface area contributed by atoms with Gasteiger partial charge in [0.1, 0.15) is 0 Å². The molecule has 0 spiro atoms. The van der Waals surface area contributed by atoms with Gasteiger partial charge in [0.25, 0.3) is 0 Å². The van der Waals surface area contributed by atoms with Crippen molar-refractivity contribution in [2.75, 3.05) is 6.54 Å². The van der Waals surface area contributed by atoms with Crippen LogP contribution >= 0.6 is 0 Å². The van der Waals surface area contributed by atoms with Crippen molar-refractivity contribution in [3.63, 3.8) is 0 Å². The Labute approximate surface area is 60.7 Å². The molecule has 0 unspecified atom stereocenters. The summed E-state index contributed by atoms with van der Waals surface area (Å²) in [5.74, 6) is -2.29. The van der Waals surface area contributed by atoms with Crippen LogP contribution in [-0.4, -0.2) is 28.9 Å². The van der Waals surface area contributed by atoms with Crippen LogP contribution in [0.25, 0.3) is 0 Å². The Bertz CT molecular complexity index is 166. The molecule has 0 saturated carbocycles. The smallest absolute Gasteiger partial charge is 0.285 e. The Balaban J connectivity index is 4.13. The minimum absolute atomic E-state index is 0.451. The third-order valence-electron chi connectivity index (χ3n) is 0.779. The van der Waals surface area contributed by atoms with E-state index in [1.54, 1.807) is 0 Å². The van der Waals surface area contributed by atoms with Crippen LogP contribution in [0.4, 0.5) is 13.2 Å². The van der Waals surface area contributed by atoms with Crippen molar-refractivity contribution in [2.24, 2.45) is 0 Å². The summed E-state index contributed by atoms with van der Waals surface area (Å²) in [4.78, 5) is 10.1. The van der Waals surface area contributed by atoms with Crippen LogP contribution in [-0.2, 0) is 4.79 Å². The molecule has 1 N–H and O–H groups in total. The molecule has 0 aromatic carbocycles. The Morgan fingerprint density at radius 3 is 2.36 bits per heavy atom. The molecule has 0 bridgehead atoms. The number of hydroxylamine groups is 2. The van der Waals surface area contributed by atoms with E-state index in [9.17, 15) is 18.0 Å². The van der Waals surface area contributed by atoms with Gasteiger partial charge in [-0.1, -0.05) is 6.08 Å². The van der Waals surface area contributed by atoms with Crippen LogP contribution in [0.2, 0.25) is 0 Å². The van der Waals surface area contributed by atoms with Gasteiger partial charge >= 0.3 is 12.1 Å². The Morgan fingerprint density at radius 2 is 2.09 bits per heavy atom. The quantitative estimate of drug-likeness (QED) is 0.380. The van der Waals surface area contributed by atoms with Crippen molar-refractivity contribution >= 4 is 5.91 Å². The molecule has 0 radical (unpaired) electrons. The van der Waals surface area contributed by atoms with E-state index in [1.165, 1.54) is 0 Å². The van der Waals surface area contributed by atoms with Gasteiger partial charge in [-0.15, -0.1) is 6.58 Å². The first-order valence-corrected chi connectivity index (χ1v) is 2.58. The summed E-state index contributed by atoms with van der Waals surface area (Å²) in [5.41, 5.74) is 0. The van der Waals surface area contributed by atoms with Gasteiger partial charge in [-0.05, 0) is 0 Å². The lowest BCUT2D eigenvalue weighted by molar-refractivity contribution is -0.213. The molecule has 6 heteroatoms. The first-order chi connectivity index (χ1) is 4.89. The zero-order valence-corrected chi connectivity index (χ0v) is 5.43. The predicted octanol–water partition coefficient (Wildman–Crippen LogP) is 0.953. The van der Waals surface area contributed by atoms with Crippen molar-refractivity contribution in [1.82, 2.24) is 5.06 Å². The summed E-state index contributed by atoms with van der Waals surface area (Å²) < 4.78 is 34.3. The zero-order chi connectivity index (χ0) is 9.07. The Morgan fingerprint density at radius 1 is 1.64 bits per heavy atom. The largest absolute Gasteiger partial charge is 0.473 e. The van der Waals surface area contributed by atoms with Crippen LogP contribution in [0.15, 0.2) is 12.7 Å². The summed E-state index contributed by atoms with van der Waals surface area (Å²) in [5, 5.41) is 7.89. The van der Waals surface area contributed by atoms with Crippen molar-refractivity contribution in [3.8, 4) is 0 Å². The number of halogens is 3. The number of amides is 1. The maximum atomic E-state index is 11.4. The van der Waals surface area contributed by atoms with Gasteiger partial charge in [0.2, 0.25) is 0 Å². The molecular formula is C5H6F3NO2. The SMILES string of the molecule is C=CCN(O)C(=O)C(F)(F)F. The molecule has 64 valence electrons. The van der Waals surface area contributed by atoms with E-state index in [4.69, 9.17) is 5.21 Å². The highest BCUT2D eigenvalue weighted by molar-refractivity contribution is 5.80. The molecule has 0 aromatic rings. The molecule has 0 heterocycles. The molecule has 0 atom stereocenters. The molecule has 0 aliphatic rings. The molecule has 0 aliphatic heterocycles. The second kappa shape index (κ2) is 3.38.